The molecular weight excluding hydrogens is 321 g/mol. The maximum Gasteiger partial charge on any atom is 0.273 e. The number of benzene rings is 1. The van der Waals surface area contributed by atoms with Crippen LogP contribution in [0.25, 0.3) is 16.8 Å². The Morgan fingerprint density at radius 1 is 1.12 bits per heavy atom. The summed E-state index contributed by atoms with van der Waals surface area (Å²) in [4.78, 5) is 12.6. The van der Waals surface area contributed by atoms with Crippen LogP contribution in [0.15, 0.2) is 60.9 Å². The highest BCUT2D eigenvalue weighted by Crippen LogP contribution is 2.20. The maximum atomic E-state index is 13.0. The van der Waals surface area contributed by atoms with E-state index in [9.17, 15) is 9.18 Å². The zero-order chi connectivity index (χ0) is 17.4. The second-order valence-corrected chi connectivity index (χ2v) is 5.62. The molecule has 124 valence electrons. The second-order valence-electron chi connectivity index (χ2n) is 5.62. The molecule has 0 saturated carbocycles. The van der Waals surface area contributed by atoms with E-state index in [1.807, 2.05) is 12.1 Å². The van der Waals surface area contributed by atoms with Crippen LogP contribution in [0.3, 0.4) is 0 Å². The lowest BCUT2D eigenvalue weighted by molar-refractivity contribution is 0.101. The van der Waals surface area contributed by atoms with Gasteiger partial charge in [-0.25, -0.2) is 8.91 Å². The summed E-state index contributed by atoms with van der Waals surface area (Å²) in [7, 11) is 1.70. The van der Waals surface area contributed by atoms with Crippen molar-refractivity contribution >= 4 is 17.1 Å². The Kier molecular flexibility index (Phi) is 3.53. The van der Waals surface area contributed by atoms with Gasteiger partial charge in [0.25, 0.3) is 5.91 Å². The summed E-state index contributed by atoms with van der Waals surface area (Å²) in [6.07, 6.45) is 3.47. The Labute approximate surface area is 142 Å². The van der Waals surface area contributed by atoms with Crippen molar-refractivity contribution in [2.45, 2.75) is 0 Å². The topological polar surface area (TPSA) is 64.2 Å². The first-order valence-corrected chi connectivity index (χ1v) is 7.65. The van der Waals surface area contributed by atoms with E-state index in [0.29, 0.717) is 17.1 Å². The largest absolute Gasteiger partial charge is 0.321 e. The van der Waals surface area contributed by atoms with Crippen LogP contribution in [0.1, 0.15) is 10.5 Å². The van der Waals surface area contributed by atoms with Crippen molar-refractivity contribution in [3.63, 3.8) is 0 Å². The number of rotatable bonds is 3. The van der Waals surface area contributed by atoms with Gasteiger partial charge in [0.15, 0.2) is 0 Å². The molecule has 4 rings (SSSR count). The van der Waals surface area contributed by atoms with Gasteiger partial charge in [0.2, 0.25) is 0 Å². The molecule has 1 aromatic carbocycles. The average Bonchev–Trinajstić information content (AvgIpc) is 3.21. The highest BCUT2D eigenvalue weighted by molar-refractivity contribution is 6.03. The molecule has 1 N–H and O–H groups in total. The number of hydrogen-bond acceptors (Lipinski definition) is 3. The molecule has 0 fully saturated rings. The number of amides is 1. The number of carbonyl (C=O) groups is 1. The van der Waals surface area contributed by atoms with E-state index in [-0.39, 0.29) is 11.7 Å². The number of fused-ring (bicyclic) bond motifs is 1. The predicted octanol–water partition coefficient (Wildman–Crippen LogP) is 3.13. The minimum Gasteiger partial charge on any atom is -0.321 e. The molecule has 6 nitrogen and oxygen atoms in total. The number of hydrogen-bond donors (Lipinski definition) is 1. The van der Waals surface area contributed by atoms with Crippen molar-refractivity contribution in [1.82, 2.24) is 19.4 Å². The fourth-order valence-corrected chi connectivity index (χ4v) is 2.64. The lowest BCUT2D eigenvalue weighted by Crippen LogP contribution is -2.16. The molecule has 0 aliphatic heterocycles. The van der Waals surface area contributed by atoms with E-state index in [2.05, 4.69) is 15.5 Å². The van der Waals surface area contributed by atoms with Gasteiger partial charge in [-0.3, -0.25) is 9.48 Å². The molecule has 3 heterocycles. The third kappa shape index (κ3) is 2.87. The molecule has 4 aromatic rings. The first-order chi connectivity index (χ1) is 12.1. The van der Waals surface area contributed by atoms with Gasteiger partial charge in [0.05, 0.1) is 11.2 Å². The van der Waals surface area contributed by atoms with Crippen LogP contribution in [-0.2, 0) is 7.05 Å². The van der Waals surface area contributed by atoms with E-state index >= 15 is 0 Å². The highest BCUT2D eigenvalue weighted by Gasteiger charge is 2.15. The van der Waals surface area contributed by atoms with Crippen LogP contribution in [0.5, 0.6) is 0 Å². The van der Waals surface area contributed by atoms with E-state index < -0.39 is 0 Å². The lowest BCUT2D eigenvalue weighted by atomic mass is 10.1. The molecular formula is C18H14FN5O. The number of aromatic nitrogens is 4. The van der Waals surface area contributed by atoms with Crippen LogP contribution < -0.4 is 5.32 Å². The number of pyridine rings is 1. The molecule has 0 bridgehead atoms. The lowest BCUT2D eigenvalue weighted by Gasteiger charge is -2.05. The van der Waals surface area contributed by atoms with E-state index in [0.717, 1.165) is 11.1 Å². The van der Waals surface area contributed by atoms with Gasteiger partial charge in [-0.15, -0.1) is 0 Å². The molecule has 0 radical (unpaired) electrons. The summed E-state index contributed by atoms with van der Waals surface area (Å²) in [5, 5.41) is 11.3. The molecule has 0 aliphatic rings. The summed E-state index contributed by atoms with van der Waals surface area (Å²) in [6, 6.07) is 13.1. The molecule has 0 saturated heterocycles. The number of aryl methyl sites for hydroxylation is 1. The van der Waals surface area contributed by atoms with Gasteiger partial charge >= 0.3 is 0 Å². The summed E-state index contributed by atoms with van der Waals surface area (Å²) < 4.78 is 16.3. The van der Waals surface area contributed by atoms with Gasteiger partial charge < -0.3 is 5.32 Å². The third-order valence-corrected chi connectivity index (χ3v) is 3.91. The maximum absolute atomic E-state index is 13.0. The van der Waals surface area contributed by atoms with Gasteiger partial charge in [0, 0.05) is 30.7 Å². The summed E-state index contributed by atoms with van der Waals surface area (Å²) >= 11 is 0. The molecule has 25 heavy (non-hydrogen) atoms. The van der Waals surface area contributed by atoms with Gasteiger partial charge in [-0.2, -0.15) is 10.2 Å². The normalized spacial score (nSPS) is 11.0. The molecule has 0 unspecified atom stereocenters. The fraction of sp³-hybridized carbons (Fsp3) is 0.0556. The van der Waals surface area contributed by atoms with Crippen LogP contribution >= 0.6 is 0 Å². The number of halogens is 1. The zero-order valence-electron chi connectivity index (χ0n) is 13.3. The standard InChI is InChI=1S/C18H14FN5O/c1-23-17(11-16(22-23)12-2-4-13(19)5-3-12)18(25)21-14-7-9-24-15(10-14)6-8-20-24/h2-11H,1H3,(H,21,25). The minimum atomic E-state index is -0.312. The Bertz CT molecular complexity index is 1060. The fourth-order valence-electron chi connectivity index (χ4n) is 2.64. The second kappa shape index (κ2) is 5.86. The van der Waals surface area contributed by atoms with Crippen molar-refractivity contribution in [1.29, 1.82) is 0 Å². The minimum absolute atomic E-state index is 0.271. The van der Waals surface area contributed by atoms with E-state index in [4.69, 9.17) is 0 Å². The molecule has 7 heteroatoms. The Balaban J connectivity index is 1.60. The average molecular weight is 335 g/mol. The van der Waals surface area contributed by atoms with Crippen LogP contribution in [0, 0.1) is 5.82 Å². The summed E-state index contributed by atoms with van der Waals surface area (Å²) in [6.45, 7) is 0. The van der Waals surface area contributed by atoms with Crippen molar-refractivity contribution < 1.29 is 9.18 Å². The van der Waals surface area contributed by atoms with Crippen molar-refractivity contribution in [2.24, 2.45) is 7.05 Å². The van der Waals surface area contributed by atoms with Crippen molar-refractivity contribution in [3.8, 4) is 11.3 Å². The third-order valence-electron chi connectivity index (χ3n) is 3.91. The summed E-state index contributed by atoms with van der Waals surface area (Å²) in [5.74, 6) is -0.583. The highest BCUT2D eigenvalue weighted by atomic mass is 19.1. The van der Waals surface area contributed by atoms with Crippen LogP contribution in [0.2, 0.25) is 0 Å². The first-order valence-electron chi connectivity index (χ1n) is 7.65. The van der Waals surface area contributed by atoms with Crippen LogP contribution in [0.4, 0.5) is 10.1 Å². The zero-order valence-corrected chi connectivity index (χ0v) is 13.3. The Hall–Kier alpha value is -3.48. The first kappa shape index (κ1) is 15.1. The quantitative estimate of drug-likeness (QED) is 0.626. The molecule has 0 atom stereocenters. The van der Waals surface area contributed by atoms with Crippen molar-refractivity contribution in [3.05, 3.63) is 72.4 Å². The molecule has 1 amide bonds. The van der Waals surface area contributed by atoms with E-state index in [1.54, 1.807) is 48.2 Å². The molecule has 0 spiro atoms. The summed E-state index contributed by atoms with van der Waals surface area (Å²) in [5.41, 5.74) is 3.32. The predicted molar refractivity (Wildman–Crippen MR) is 91.7 cm³/mol. The smallest absolute Gasteiger partial charge is 0.273 e. The Morgan fingerprint density at radius 3 is 2.72 bits per heavy atom. The number of nitrogens with one attached hydrogen (secondary N) is 1. The Morgan fingerprint density at radius 2 is 1.92 bits per heavy atom. The van der Waals surface area contributed by atoms with Crippen molar-refractivity contribution in [2.75, 3.05) is 5.32 Å². The van der Waals surface area contributed by atoms with E-state index in [1.165, 1.54) is 16.8 Å². The van der Waals surface area contributed by atoms with Gasteiger partial charge in [-0.1, -0.05) is 0 Å². The number of nitrogens with zero attached hydrogens (tertiary/aromatic N) is 4. The molecule has 0 aliphatic carbocycles. The van der Waals surface area contributed by atoms with Gasteiger partial charge in [0.1, 0.15) is 11.5 Å². The van der Waals surface area contributed by atoms with Gasteiger partial charge in [-0.05, 0) is 48.5 Å². The SMILES string of the molecule is Cn1nc(-c2ccc(F)cc2)cc1C(=O)Nc1ccn2nccc2c1. The number of carbonyl (C=O) groups excluding carboxylic acids is 1. The monoisotopic (exact) mass is 335 g/mol. The molecule has 3 aromatic heterocycles. The van der Waals surface area contributed by atoms with Crippen LogP contribution in [-0.4, -0.2) is 25.3 Å². The number of anilines is 1.